The van der Waals surface area contributed by atoms with Crippen molar-refractivity contribution in [3.63, 3.8) is 0 Å². The van der Waals surface area contributed by atoms with Gasteiger partial charge in [0.15, 0.2) is 0 Å². The average molecular weight is 257 g/mol. The molecule has 1 N–H and O–H groups in total. The fourth-order valence-electron chi connectivity index (χ4n) is 1.85. The van der Waals surface area contributed by atoms with Crippen LogP contribution in [0.2, 0.25) is 0 Å². The van der Waals surface area contributed by atoms with E-state index in [1.54, 1.807) is 10.9 Å². The van der Waals surface area contributed by atoms with Crippen LogP contribution in [-0.4, -0.2) is 22.2 Å². The highest BCUT2D eigenvalue weighted by molar-refractivity contribution is 5.95. The predicted molar refractivity (Wildman–Crippen MR) is 75.5 cm³/mol. The van der Waals surface area contributed by atoms with E-state index in [4.69, 9.17) is 0 Å². The molecule has 4 nitrogen and oxygen atoms in total. The van der Waals surface area contributed by atoms with Gasteiger partial charge in [-0.05, 0) is 25.0 Å². The monoisotopic (exact) mass is 257 g/mol. The maximum atomic E-state index is 12.1. The van der Waals surface area contributed by atoms with Crippen molar-refractivity contribution < 1.29 is 4.79 Å². The first kappa shape index (κ1) is 13.3. The Morgan fingerprint density at radius 3 is 2.63 bits per heavy atom. The fraction of sp³-hybridized carbons (Fsp3) is 0.333. The standard InChI is InChI=1S/C15H19N3O/c1-11(2)9-16-15(19)14-10-17-18(12(14)3)13-7-5-4-6-8-13/h4-8,10-11H,9H2,1-3H3,(H,16,19). The van der Waals surface area contributed by atoms with Crippen molar-refractivity contribution in [3.05, 3.63) is 47.8 Å². The Morgan fingerprint density at radius 2 is 2.00 bits per heavy atom. The molecular formula is C15H19N3O. The minimum absolute atomic E-state index is 0.0617. The Bertz CT molecular complexity index is 558. The number of carbonyl (C=O) groups is 1. The predicted octanol–water partition coefficient (Wildman–Crippen LogP) is 2.57. The number of para-hydroxylation sites is 1. The third-order valence-electron chi connectivity index (χ3n) is 2.93. The van der Waals surface area contributed by atoms with Gasteiger partial charge < -0.3 is 5.32 Å². The molecule has 19 heavy (non-hydrogen) atoms. The average Bonchev–Trinajstić information content (AvgIpc) is 2.79. The van der Waals surface area contributed by atoms with Crippen molar-refractivity contribution in [2.75, 3.05) is 6.54 Å². The highest BCUT2D eigenvalue weighted by atomic mass is 16.1. The number of aromatic nitrogens is 2. The third kappa shape index (κ3) is 3.02. The smallest absolute Gasteiger partial charge is 0.254 e. The van der Waals surface area contributed by atoms with Gasteiger partial charge in [-0.2, -0.15) is 5.10 Å². The van der Waals surface area contributed by atoms with Crippen LogP contribution >= 0.6 is 0 Å². The maximum absolute atomic E-state index is 12.1. The Morgan fingerprint density at radius 1 is 1.32 bits per heavy atom. The van der Waals surface area contributed by atoms with Crippen LogP contribution in [0.1, 0.15) is 29.9 Å². The first-order valence-corrected chi connectivity index (χ1v) is 6.48. The van der Waals surface area contributed by atoms with Gasteiger partial charge in [-0.1, -0.05) is 32.0 Å². The van der Waals surface area contributed by atoms with E-state index in [-0.39, 0.29) is 5.91 Å². The van der Waals surface area contributed by atoms with Crippen LogP contribution in [0.25, 0.3) is 5.69 Å². The van der Waals surface area contributed by atoms with E-state index in [1.165, 1.54) is 0 Å². The van der Waals surface area contributed by atoms with Gasteiger partial charge in [0.2, 0.25) is 0 Å². The van der Waals surface area contributed by atoms with Crippen molar-refractivity contribution in [2.24, 2.45) is 5.92 Å². The van der Waals surface area contributed by atoms with Gasteiger partial charge in [0.1, 0.15) is 0 Å². The Kier molecular flexibility index (Phi) is 4.00. The summed E-state index contributed by atoms with van der Waals surface area (Å²) in [5.74, 6) is 0.377. The minimum atomic E-state index is -0.0617. The van der Waals surface area contributed by atoms with Gasteiger partial charge in [-0.25, -0.2) is 4.68 Å². The third-order valence-corrected chi connectivity index (χ3v) is 2.93. The van der Waals surface area contributed by atoms with E-state index in [0.29, 0.717) is 18.0 Å². The number of hydrogen-bond acceptors (Lipinski definition) is 2. The van der Waals surface area contributed by atoms with Gasteiger partial charge >= 0.3 is 0 Å². The summed E-state index contributed by atoms with van der Waals surface area (Å²) in [4.78, 5) is 12.1. The lowest BCUT2D eigenvalue weighted by molar-refractivity contribution is 0.0948. The second-order valence-corrected chi connectivity index (χ2v) is 4.99. The molecule has 1 amide bonds. The van der Waals surface area contributed by atoms with Gasteiger partial charge in [0.05, 0.1) is 23.1 Å². The molecule has 0 radical (unpaired) electrons. The van der Waals surface area contributed by atoms with Gasteiger partial charge in [-0.3, -0.25) is 4.79 Å². The molecule has 0 unspecified atom stereocenters. The second-order valence-electron chi connectivity index (χ2n) is 4.99. The lowest BCUT2D eigenvalue weighted by Gasteiger charge is -2.08. The maximum Gasteiger partial charge on any atom is 0.254 e. The molecule has 1 heterocycles. The Balaban J connectivity index is 2.21. The van der Waals surface area contributed by atoms with E-state index in [2.05, 4.69) is 24.3 Å². The zero-order valence-electron chi connectivity index (χ0n) is 11.6. The van der Waals surface area contributed by atoms with Crippen LogP contribution < -0.4 is 5.32 Å². The molecule has 0 aliphatic carbocycles. The molecule has 2 aromatic rings. The quantitative estimate of drug-likeness (QED) is 0.915. The summed E-state index contributed by atoms with van der Waals surface area (Å²) in [5.41, 5.74) is 2.44. The summed E-state index contributed by atoms with van der Waals surface area (Å²) >= 11 is 0. The minimum Gasteiger partial charge on any atom is -0.352 e. The van der Waals surface area contributed by atoms with Crippen molar-refractivity contribution in [1.29, 1.82) is 0 Å². The van der Waals surface area contributed by atoms with Crippen LogP contribution in [0.15, 0.2) is 36.5 Å². The van der Waals surface area contributed by atoms with Crippen LogP contribution in [0.3, 0.4) is 0 Å². The van der Waals surface area contributed by atoms with E-state index in [0.717, 1.165) is 11.4 Å². The van der Waals surface area contributed by atoms with Gasteiger partial charge in [0, 0.05) is 6.54 Å². The molecular weight excluding hydrogens is 238 g/mol. The molecule has 100 valence electrons. The zero-order valence-corrected chi connectivity index (χ0v) is 11.6. The van der Waals surface area contributed by atoms with Crippen molar-refractivity contribution in [3.8, 4) is 5.69 Å². The van der Waals surface area contributed by atoms with E-state index in [1.807, 2.05) is 37.3 Å². The molecule has 0 aliphatic rings. The molecule has 0 saturated carbocycles. The van der Waals surface area contributed by atoms with Crippen molar-refractivity contribution in [1.82, 2.24) is 15.1 Å². The number of rotatable bonds is 4. The largest absolute Gasteiger partial charge is 0.352 e. The number of nitrogens with one attached hydrogen (secondary N) is 1. The lowest BCUT2D eigenvalue weighted by atomic mass is 10.2. The topological polar surface area (TPSA) is 46.9 Å². The summed E-state index contributed by atoms with van der Waals surface area (Å²) in [6.07, 6.45) is 1.62. The normalized spacial score (nSPS) is 10.7. The molecule has 0 bridgehead atoms. The number of amides is 1. The molecule has 1 aromatic carbocycles. The van der Waals surface area contributed by atoms with E-state index < -0.39 is 0 Å². The molecule has 4 heteroatoms. The Labute approximate surface area is 113 Å². The zero-order chi connectivity index (χ0) is 13.8. The van der Waals surface area contributed by atoms with E-state index >= 15 is 0 Å². The van der Waals surface area contributed by atoms with Crippen LogP contribution in [0, 0.1) is 12.8 Å². The molecule has 2 rings (SSSR count). The molecule has 0 atom stereocenters. The number of carbonyl (C=O) groups excluding carboxylic acids is 1. The molecule has 0 aliphatic heterocycles. The SMILES string of the molecule is Cc1c(C(=O)NCC(C)C)cnn1-c1ccccc1. The highest BCUT2D eigenvalue weighted by Crippen LogP contribution is 2.13. The molecule has 0 saturated heterocycles. The number of benzene rings is 1. The van der Waals surface area contributed by atoms with Crippen molar-refractivity contribution in [2.45, 2.75) is 20.8 Å². The number of hydrogen-bond donors (Lipinski definition) is 1. The first-order valence-electron chi connectivity index (χ1n) is 6.48. The highest BCUT2D eigenvalue weighted by Gasteiger charge is 2.14. The molecule has 0 fully saturated rings. The van der Waals surface area contributed by atoms with Crippen molar-refractivity contribution >= 4 is 5.91 Å². The van der Waals surface area contributed by atoms with Crippen LogP contribution in [-0.2, 0) is 0 Å². The van der Waals surface area contributed by atoms with E-state index in [9.17, 15) is 4.79 Å². The number of nitrogens with zero attached hydrogens (tertiary/aromatic N) is 2. The second kappa shape index (κ2) is 5.69. The van der Waals surface area contributed by atoms with Crippen LogP contribution in [0.5, 0.6) is 0 Å². The summed E-state index contributed by atoms with van der Waals surface area (Å²) in [6.45, 7) is 6.72. The summed E-state index contributed by atoms with van der Waals surface area (Å²) in [7, 11) is 0. The van der Waals surface area contributed by atoms with Crippen LogP contribution in [0.4, 0.5) is 0 Å². The van der Waals surface area contributed by atoms with Gasteiger partial charge in [-0.15, -0.1) is 0 Å². The molecule has 1 aromatic heterocycles. The summed E-state index contributed by atoms with van der Waals surface area (Å²) in [5, 5.41) is 7.20. The fourth-order valence-corrected chi connectivity index (χ4v) is 1.85. The lowest BCUT2D eigenvalue weighted by Crippen LogP contribution is -2.27. The Hall–Kier alpha value is -2.10. The summed E-state index contributed by atoms with van der Waals surface area (Å²) < 4.78 is 1.78. The molecule has 0 spiro atoms. The first-order chi connectivity index (χ1) is 9.09. The van der Waals surface area contributed by atoms with Gasteiger partial charge in [0.25, 0.3) is 5.91 Å². The summed E-state index contributed by atoms with van der Waals surface area (Å²) in [6, 6.07) is 9.80.